The van der Waals surface area contributed by atoms with Gasteiger partial charge in [0.2, 0.25) is 0 Å². The van der Waals surface area contributed by atoms with Crippen LogP contribution >= 0.6 is 23.1 Å². The number of rotatable bonds is 4. The molecule has 1 N–H and O–H groups in total. The molecule has 0 aromatic carbocycles. The summed E-state index contributed by atoms with van der Waals surface area (Å²) in [6, 6.07) is 0. The molecule has 1 rings (SSSR count). The lowest BCUT2D eigenvalue weighted by atomic mass is 10.3. The largest absolute Gasteiger partial charge is 0.351 e. The van der Waals surface area contributed by atoms with Gasteiger partial charge in [-0.1, -0.05) is 4.49 Å². The smallest absolute Gasteiger partial charge is 0.272 e. The first kappa shape index (κ1) is 10.4. The van der Waals surface area contributed by atoms with Crippen molar-refractivity contribution in [2.45, 2.75) is 18.7 Å². The molecule has 1 aromatic rings. The van der Waals surface area contributed by atoms with Crippen LogP contribution in [-0.2, 0) is 0 Å². The number of nitrogens with one attached hydrogen (secondary N) is 1. The molecule has 0 fully saturated rings. The van der Waals surface area contributed by atoms with E-state index in [4.69, 9.17) is 11.6 Å². The van der Waals surface area contributed by atoms with Gasteiger partial charge in [-0.25, -0.2) is 0 Å². The van der Waals surface area contributed by atoms with Crippen molar-refractivity contribution in [1.82, 2.24) is 14.9 Å². The summed E-state index contributed by atoms with van der Waals surface area (Å²) < 4.78 is 3.59. The first-order valence-corrected chi connectivity index (χ1v) is 5.17. The molecular weight excluding hydrogens is 210 g/mol. The highest BCUT2D eigenvalue weighted by molar-refractivity contribution is 7.03. The number of aromatic nitrogens is 2. The van der Waals surface area contributed by atoms with E-state index in [1.807, 2.05) is 6.92 Å². The van der Waals surface area contributed by atoms with Crippen LogP contribution in [0.1, 0.15) is 23.8 Å². The first-order chi connectivity index (χ1) is 6.20. The molecule has 1 heterocycles. The summed E-state index contributed by atoms with van der Waals surface area (Å²) in [5.74, 6) is -0.189. The standard InChI is InChI=1S/C7H10ClN3OS/c1-5(8)2-3-9-7(12)6-4-13-11-10-6/h4-5H,2-3H2,1H3,(H,9,12). The van der Waals surface area contributed by atoms with Gasteiger partial charge in [-0.15, -0.1) is 16.7 Å². The summed E-state index contributed by atoms with van der Waals surface area (Å²) in [6.07, 6.45) is 0.755. The van der Waals surface area contributed by atoms with E-state index in [2.05, 4.69) is 14.9 Å². The molecule has 6 heteroatoms. The van der Waals surface area contributed by atoms with Gasteiger partial charge in [0.25, 0.3) is 5.91 Å². The summed E-state index contributed by atoms with van der Waals surface area (Å²) in [4.78, 5) is 11.2. The van der Waals surface area contributed by atoms with Crippen LogP contribution in [0.5, 0.6) is 0 Å². The van der Waals surface area contributed by atoms with Gasteiger partial charge in [-0.2, -0.15) is 0 Å². The van der Waals surface area contributed by atoms with Gasteiger partial charge < -0.3 is 5.32 Å². The monoisotopic (exact) mass is 219 g/mol. The van der Waals surface area contributed by atoms with Gasteiger partial charge in [0.1, 0.15) is 0 Å². The second-order valence-corrected chi connectivity index (χ2v) is 3.97. The molecule has 0 radical (unpaired) electrons. The van der Waals surface area contributed by atoms with Crippen LogP contribution in [0.2, 0.25) is 0 Å². The van der Waals surface area contributed by atoms with E-state index < -0.39 is 0 Å². The van der Waals surface area contributed by atoms with Crippen molar-refractivity contribution in [2.24, 2.45) is 0 Å². The second kappa shape index (κ2) is 5.14. The van der Waals surface area contributed by atoms with Crippen molar-refractivity contribution in [3.05, 3.63) is 11.1 Å². The lowest BCUT2D eigenvalue weighted by Gasteiger charge is -2.03. The molecule has 1 amide bonds. The Balaban J connectivity index is 2.27. The fourth-order valence-corrected chi connectivity index (χ4v) is 1.28. The van der Waals surface area contributed by atoms with Crippen LogP contribution in [0.4, 0.5) is 0 Å². The Morgan fingerprint density at radius 2 is 2.62 bits per heavy atom. The average molecular weight is 220 g/mol. The van der Waals surface area contributed by atoms with Crippen LogP contribution in [0.3, 0.4) is 0 Å². The van der Waals surface area contributed by atoms with Gasteiger partial charge >= 0.3 is 0 Å². The van der Waals surface area contributed by atoms with Gasteiger partial charge in [0.15, 0.2) is 5.69 Å². The Kier molecular flexibility index (Phi) is 4.11. The third kappa shape index (κ3) is 3.69. The van der Waals surface area contributed by atoms with E-state index in [-0.39, 0.29) is 11.3 Å². The Bertz CT molecular complexity index is 263. The first-order valence-electron chi connectivity index (χ1n) is 3.89. The minimum Gasteiger partial charge on any atom is -0.351 e. The van der Waals surface area contributed by atoms with E-state index >= 15 is 0 Å². The molecular formula is C7H10ClN3OS. The fraction of sp³-hybridized carbons (Fsp3) is 0.571. The lowest BCUT2D eigenvalue weighted by Crippen LogP contribution is -2.25. The number of halogens is 1. The van der Waals surface area contributed by atoms with Crippen molar-refractivity contribution in [1.29, 1.82) is 0 Å². The number of alkyl halides is 1. The quantitative estimate of drug-likeness (QED) is 0.777. The average Bonchev–Trinajstić information content (AvgIpc) is 2.55. The van der Waals surface area contributed by atoms with Crippen molar-refractivity contribution in [2.75, 3.05) is 6.54 Å². The molecule has 0 aliphatic carbocycles. The minimum absolute atomic E-state index is 0.0776. The Labute approximate surface area is 85.5 Å². The number of amides is 1. The number of nitrogens with zero attached hydrogens (tertiary/aromatic N) is 2. The molecule has 1 aromatic heterocycles. The van der Waals surface area contributed by atoms with Gasteiger partial charge in [-0.05, 0) is 24.9 Å². The maximum atomic E-state index is 11.2. The molecule has 0 aliphatic rings. The maximum absolute atomic E-state index is 11.2. The number of hydrogen-bond acceptors (Lipinski definition) is 4. The molecule has 1 unspecified atom stereocenters. The Morgan fingerprint density at radius 1 is 1.85 bits per heavy atom. The summed E-state index contributed by atoms with van der Waals surface area (Å²) >= 11 is 6.87. The minimum atomic E-state index is -0.189. The van der Waals surface area contributed by atoms with E-state index in [1.165, 1.54) is 0 Å². The maximum Gasteiger partial charge on any atom is 0.272 e. The van der Waals surface area contributed by atoms with Crippen molar-refractivity contribution >= 4 is 29.0 Å². The van der Waals surface area contributed by atoms with Crippen LogP contribution in [0.15, 0.2) is 5.38 Å². The third-order valence-corrected chi connectivity index (χ3v) is 2.14. The van der Waals surface area contributed by atoms with Crippen LogP contribution < -0.4 is 5.32 Å². The second-order valence-electron chi connectivity index (χ2n) is 2.62. The molecule has 0 aliphatic heterocycles. The third-order valence-electron chi connectivity index (χ3n) is 1.42. The predicted octanol–water partition coefficient (Wildman–Crippen LogP) is 1.29. The summed E-state index contributed by atoms with van der Waals surface area (Å²) in [6.45, 7) is 2.46. The van der Waals surface area contributed by atoms with Gasteiger partial charge in [-0.3, -0.25) is 4.79 Å². The molecule has 0 spiro atoms. The summed E-state index contributed by atoms with van der Waals surface area (Å²) in [5, 5.41) is 8.02. The van der Waals surface area contributed by atoms with E-state index in [1.54, 1.807) is 5.38 Å². The zero-order valence-electron chi connectivity index (χ0n) is 7.16. The highest BCUT2D eigenvalue weighted by atomic mass is 35.5. The molecule has 0 saturated carbocycles. The van der Waals surface area contributed by atoms with Crippen LogP contribution in [-0.4, -0.2) is 27.4 Å². The molecule has 0 bridgehead atoms. The molecule has 0 saturated heterocycles. The lowest BCUT2D eigenvalue weighted by molar-refractivity contribution is 0.0948. The summed E-state index contributed by atoms with van der Waals surface area (Å²) in [7, 11) is 0. The summed E-state index contributed by atoms with van der Waals surface area (Å²) in [5.41, 5.74) is 0.368. The number of carbonyl (C=O) groups is 1. The normalized spacial score (nSPS) is 12.5. The Morgan fingerprint density at radius 3 is 3.15 bits per heavy atom. The van der Waals surface area contributed by atoms with Crippen molar-refractivity contribution in [3.63, 3.8) is 0 Å². The van der Waals surface area contributed by atoms with Crippen LogP contribution in [0.25, 0.3) is 0 Å². The van der Waals surface area contributed by atoms with E-state index in [9.17, 15) is 4.79 Å². The van der Waals surface area contributed by atoms with Gasteiger partial charge in [0, 0.05) is 17.3 Å². The van der Waals surface area contributed by atoms with E-state index in [0.717, 1.165) is 18.0 Å². The molecule has 72 valence electrons. The van der Waals surface area contributed by atoms with Gasteiger partial charge in [0.05, 0.1) is 0 Å². The molecule has 4 nitrogen and oxygen atoms in total. The number of hydrogen-bond donors (Lipinski definition) is 1. The zero-order chi connectivity index (χ0) is 9.68. The highest BCUT2D eigenvalue weighted by Gasteiger charge is 2.07. The molecule has 13 heavy (non-hydrogen) atoms. The van der Waals surface area contributed by atoms with Crippen molar-refractivity contribution in [3.8, 4) is 0 Å². The van der Waals surface area contributed by atoms with E-state index in [0.29, 0.717) is 12.2 Å². The van der Waals surface area contributed by atoms with Crippen LogP contribution in [0, 0.1) is 0 Å². The predicted molar refractivity (Wildman–Crippen MR) is 52.2 cm³/mol. The fourth-order valence-electron chi connectivity index (χ4n) is 0.739. The highest BCUT2D eigenvalue weighted by Crippen LogP contribution is 1.99. The molecule has 1 atom stereocenters. The van der Waals surface area contributed by atoms with Crippen molar-refractivity contribution < 1.29 is 4.79 Å². The zero-order valence-corrected chi connectivity index (χ0v) is 8.73. The SMILES string of the molecule is CC(Cl)CCNC(=O)c1csnn1. The Hall–Kier alpha value is -0.680. The number of carbonyl (C=O) groups excluding carboxylic acids is 1. The topological polar surface area (TPSA) is 54.9 Å².